The van der Waals surface area contributed by atoms with Gasteiger partial charge in [-0.05, 0) is 20.8 Å². The highest BCUT2D eigenvalue weighted by molar-refractivity contribution is 6.49. The lowest BCUT2D eigenvalue weighted by atomic mass is 9.93. The van der Waals surface area contributed by atoms with Crippen molar-refractivity contribution in [1.29, 1.82) is 0 Å². The van der Waals surface area contributed by atoms with E-state index in [0.717, 1.165) is 0 Å². The summed E-state index contributed by atoms with van der Waals surface area (Å²) in [5.41, 5.74) is 1.84. The molecule has 0 saturated carbocycles. The molecular weight excluding hydrogens is 288 g/mol. The zero-order valence-corrected chi connectivity index (χ0v) is 13.0. The third-order valence-electron chi connectivity index (χ3n) is 3.20. The largest absolute Gasteiger partial charge is 0.485 e. The van der Waals surface area contributed by atoms with E-state index in [4.69, 9.17) is 16.3 Å². The van der Waals surface area contributed by atoms with Crippen LogP contribution in [0.5, 0.6) is 0 Å². The number of hydrogen-bond acceptors (Lipinski definition) is 3. The van der Waals surface area contributed by atoms with Gasteiger partial charge in [0.1, 0.15) is 5.03 Å². The molecule has 0 heterocycles. The van der Waals surface area contributed by atoms with Gasteiger partial charge in [0.2, 0.25) is 11.6 Å². The number of ketones is 2. The van der Waals surface area contributed by atoms with Gasteiger partial charge in [0.05, 0.1) is 6.10 Å². The number of carbonyl (C=O) groups excluding carboxylic acids is 2. The molecule has 0 fully saturated rings. The fraction of sp³-hybridized carbons (Fsp3) is 0.294. The molecule has 0 bridgehead atoms. The number of halogens is 1. The van der Waals surface area contributed by atoms with Crippen molar-refractivity contribution in [3.63, 3.8) is 0 Å². The highest BCUT2D eigenvalue weighted by Gasteiger charge is 2.33. The molecule has 2 rings (SSSR count). The van der Waals surface area contributed by atoms with Crippen LogP contribution in [0.4, 0.5) is 0 Å². The minimum atomic E-state index is -0.365. The van der Waals surface area contributed by atoms with Crippen LogP contribution in [0.1, 0.15) is 47.9 Å². The number of Topliss-reactive ketones (excluding diaryl/α,β-unsaturated/α-hetero) is 2. The third kappa shape index (κ3) is 3.24. The fourth-order valence-corrected chi connectivity index (χ4v) is 2.31. The molecular formula is C17H17ClO3. The maximum Gasteiger partial charge on any atom is 0.230 e. The van der Waals surface area contributed by atoms with Crippen LogP contribution in [0.2, 0.25) is 0 Å². The van der Waals surface area contributed by atoms with Gasteiger partial charge in [-0.15, -0.1) is 0 Å². The van der Waals surface area contributed by atoms with Crippen molar-refractivity contribution in [3.05, 3.63) is 57.8 Å². The Morgan fingerprint density at radius 2 is 1.76 bits per heavy atom. The molecule has 0 radical (unpaired) electrons. The lowest BCUT2D eigenvalue weighted by Gasteiger charge is -2.21. The Balaban J connectivity index is 2.28. The first-order chi connectivity index (χ1) is 9.91. The van der Waals surface area contributed by atoms with Crippen molar-refractivity contribution < 1.29 is 14.3 Å². The van der Waals surface area contributed by atoms with Crippen LogP contribution in [-0.2, 0) is 4.74 Å². The summed E-state index contributed by atoms with van der Waals surface area (Å²) in [7, 11) is 0. The first kappa shape index (κ1) is 15.5. The monoisotopic (exact) mass is 304 g/mol. The van der Waals surface area contributed by atoms with Crippen molar-refractivity contribution in [2.75, 3.05) is 0 Å². The number of carbonyl (C=O) groups is 2. The Morgan fingerprint density at radius 1 is 1.19 bits per heavy atom. The Labute approximate surface area is 129 Å². The smallest absolute Gasteiger partial charge is 0.230 e. The molecule has 0 saturated heterocycles. The number of benzene rings is 1. The maximum atomic E-state index is 12.4. The third-order valence-corrected chi connectivity index (χ3v) is 3.54. The maximum absolute atomic E-state index is 12.4. The van der Waals surface area contributed by atoms with Gasteiger partial charge in [-0.25, -0.2) is 0 Å². The van der Waals surface area contributed by atoms with Crippen molar-refractivity contribution in [2.24, 2.45) is 0 Å². The van der Waals surface area contributed by atoms with Gasteiger partial charge < -0.3 is 4.74 Å². The number of allylic oxidation sites excluding steroid dienone is 3. The zero-order chi connectivity index (χ0) is 15.6. The molecule has 4 heteroatoms. The average Bonchev–Trinajstić information content (AvgIpc) is 2.47. The molecule has 1 aliphatic rings. The van der Waals surface area contributed by atoms with Crippen LogP contribution >= 0.6 is 11.6 Å². The number of fused-ring (bicyclic) bond motifs is 1. The molecule has 0 aromatic heterocycles. The minimum absolute atomic E-state index is 0.0463. The van der Waals surface area contributed by atoms with Gasteiger partial charge in [0.15, 0.2) is 5.76 Å². The summed E-state index contributed by atoms with van der Waals surface area (Å²) >= 11 is 6.03. The molecule has 21 heavy (non-hydrogen) atoms. The van der Waals surface area contributed by atoms with Crippen molar-refractivity contribution >= 4 is 23.2 Å². The summed E-state index contributed by atoms with van der Waals surface area (Å²) in [6.45, 7) is 5.82. The van der Waals surface area contributed by atoms with Gasteiger partial charge in [0.25, 0.3) is 0 Å². The van der Waals surface area contributed by atoms with Gasteiger partial charge in [0, 0.05) is 17.5 Å². The van der Waals surface area contributed by atoms with Crippen molar-refractivity contribution in [3.8, 4) is 0 Å². The summed E-state index contributed by atoms with van der Waals surface area (Å²) < 4.78 is 5.63. The lowest BCUT2D eigenvalue weighted by Crippen LogP contribution is -2.23. The first-order valence-corrected chi connectivity index (χ1v) is 7.17. The van der Waals surface area contributed by atoms with E-state index in [-0.39, 0.29) is 28.5 Å². The molecule has 3 nitrogen and oxygen atoms in total. The van der Waals surface area contributed by atoms with E-state index in [9.17, 15) is 9.59 Å². The average molecular weight is 305 g/mol. The van der Waals surface area contributed by atoms with E-state index in [2.05, 4.69) is 0 Å². The quantitative estimate of drug-likeness (QED) is 0.780. The molecule has 0 amide bonds. The van der Waals surface area contributed by atoms with Crippen LogP contribution < -0.4 is 0 Å². The van der Waals surface area contributed by atoms with Crippen molar-refractivity contribution in [2.45, 2.75) is 33.3 Å². The standard InChI is InChI=1S/C17H17ClO3/c1-10(2)8-9-11(3)21-17-14(18)15(19)12-6-4-5-7-13(12)16(17)20/h4-8,11H,9H2,1-3H3/t11-/m0/s1. The number of hydrogen-bond donors (Lipinski definition) is 0. The van der Waals surface area contributed by atoms with Crippen LogP contribution in [0.3, 0.4) is 0 Å². The second-order valence-corrected chi connectivity index (χ2v) is 5.67. The molecule has 1 atom stereocenters. The molecule has 0 spiro atoms. The predicted molar refractivity (Wildman–Crippen MR) is 82.6 cm³/mol. The molecule has 1 aliphatic carbocycles. The van der Waals surface area contributed by atoms with Crippen LogP contribution in [0.25, 0.3) is 0 Å². The van der Waals surface area contributed by atoms with E-state index in [1.54, 1.807) is 24.3 Å². The number of ether oxygens (including phenoxy) is 1. The SMILES string of the molecule is CC(C)=CC[C@H](C)OC1=C(Cl)C(=O)c2ccccc2C1=O. The van der Waals surface area contributed by atoms with E-state index in [1.807, 2.05) is 26.8 Å². The second kappa shape index (κ2) is 6.27. The minimum Gasteiger partial charge on any atom is -0.485 e. The Kier molecular flexibility index (Phi) is 4.63. The molecule has 1 aromatic rings. The topological polar surface area (TPSA) is 43.4 Å². The molecule has 0 N–H and O–H groups in total. The normalized spacial score (nSPS) is 15.6. The Hall–Kier alpha value is -1.87. The summed E-state index contributed by atoms with van der Waals surface area (Å²) in [5.74, 6) is -0.745. The zero-order valence-electron chi connectivity index (χ0n) is 12.3. The van der Waals surface area contributed by atoms with E-state index in [0.29, 0.717) is 17.5 Å². The molecule has 1 aromatic carbocycles. The molecule has 0 aliphatic heterocycles. The van der Waals surface area contributed by atoms with E-state index >= 15 is 0 Å². The van der Waals surface area contributed by atoms with Gasteiger partial charge >= 0.3 is 0 Å². The lowest BCUT2D eigenvalue weighted by molar-refractivity contribution is 0.0781. The number of rotatable bonds is 4. The summed E-state index contributed by atoms with van der Waals surface area (Å²) in [6.07, 6.45) is 2.44. The van der Waals surface area contributed by atoms with Crippen molar-refractivity contribution in [1.82, 2.24) is 0 Å². The summed E-state index contributed by atoms with van der Waals surface area (Å²) in [6, 6.07) is 6.63. The van der Waals surface area contributed by atoms with Gasteiger partial charge in [-0.2, -0.15) is 0 Å². The van der Waals surface area contributed by atoms with E-state index < -0.39 is 0 Å². The van der Waals surface area contributed by atoms with E-state index in [1.165, 1.54) is 5.57 Å². The van der Waals surface area contributed by atoms with Crippen LogP contribution in [0, 0.1) is 0 Å². The van der Waals surface area contributed by atoms with Gasteiger partial charge in [-0.1, -0.05) is 47.5 Å². The summed E-state index contributed by atoms with van der Waals surface area (Å²) in [4.78, 5) is 24.6. The Bertz CT molecular complexity index is 652. The fourth-order valence-electron chi connectivity index (χ4n) is 2.08. The van der Waals surface area contributed by atoms with Gasteiger partial charge in [-0.3, -0.25) is 9.59 Å². The second-order valence-electron chi connectivity index (χ2n) is 5.29. The summed E-state index contributed by atoms with van der Waals surface area (Å²) in [5, 5.41) is -0.136. The van der Waals surface area contributed by atoms with Crippen LogP contribution in [-0.4, -0.2) is 17.7 Å². The molecule has 110 valence electrons. The molecule has 0 unspecified atom stereocenters. The highest BCUT2D eigenvalue weighted by atomic mass is 35.5. The highest BCUT2D eigenvalue weighted by Crippen LogP contribution is 2.30. The predicted octanol–water partition coefficient (Wildman–Crippen LogP) is 4.28. The Morgan fingerprint density at radius 3 is 2.33 bits per heavy atom. The first-order valence-electron chi connectivity index (χ1n) is 6.80. The van der Waals surface area contributed by atoms with Crippen LogP contribution in [0.15, 0.2) is 46.7 Å².